The predicted octanol–water partition coefficient (Wildman–Crippen LogP) is 2.02. The van der Waals surface area contributed by atoms with Crippen LogP contribution in [0.3, 0.4) is 0 Å². The van der Waals surface area contributed by atoms with Gasteiger partial charge in [0.1, 0.15) is 0 Å². The molecule has 1 heteroatoms. The Morgan fingerprint density at radius 1 is 1.09 bits per heavy atom. The van der Waals surface area contributed by atoms with Gasteiger partial charge in [0.25, 0.3) is 0 Å². The molecule has 0 aliphatic rings. The summed E-state index contributed by atoms with van der Waals surface area (Å²) >= 11 is 0. The topological polar surface area (TPSA) is 0 Å². The van der Waals surface area contributed by atoms with Crippen molar-refractivity contribution in [3.05, 3.63) is 29.8 Å². The minimum absolute atomic E-state index is 0.985. The molecule has 1 aromatic rings. The fourth-order valence-corrected chi connectivity index (χ4v) is 1.87. The molecule has 0 heterocycles. The minimum Gasteiger partial charge on any atom is -0.0679 e. The molecule has 0 spiro atoms. The Hall–Kier alpha value is -0.563. The molecule has 0 aromatic heterocycles. The first-order chi connectivity index (χ1) is 5.36. The van der Waals surface area contributed by atoms with Crippen LogP contribution in [0.4, 0.5) is 0 Å². The van der Waals surface area contributed by atoms with Crippen molar-refractivity contribution in [1.82, 2.24) is 0 Å². The van der Waals surface area contributed by atoms with Crippen LogP contribution in [0.1, 0.15) is 19.4 Å². The van der Waals surface area contributed by atoms with E-state index in [1.54, 1.807) is 0 Å². The molecule has 0 aliphatic carbocycles. The van der Waals surface area contributed by atoms with Crippen LogP contribution in [0.25, 0.3) is 0 Å². The van der Waals surface area contributed by atoms with Gasteiger partial charge in [-0.3, -0.25) is 0 Å². The third kappa shape index (κ3) is 2.50. The lowest BCUT2D eigenvalue weighted by Gasteiger charge is -1.98. The monoisotopic (exact) mass is 162 g/mol. The van der Waals surface area contributed by atoms with Gasteiger partial charge >= 0.3 is 0 Å². The van der Waals surface area contributed by atoms with Crippen LogP contribution in [0, 0.1) is 0 Å². The summed E-state index contributed by atoms with van der Waals surface area (Å²) in [6, 6.07) is 10.2. The van der Waals surface area contributed by atoms with Crippen molar-refractivity contribution in [1.29, 1.82) is 0 Å². The van der Waals surface area contributed by atoms with Crippen molar-refractivity contribution in [2.24, 2.45) is 0 Å². The Bertz CT molecular complexity index is 201. The van der Waals surface area contributed by atoms with E-state index < -0.39 is 0 Å². The second-order valence-electron chi connectivity index (χ2n) is 2.58. The van der Waals surface area contributed by atoms with E-state index in [0.29, 0.717) is 0 Å². The van der Waals surface area contributed by atoms with E-state index >= 15 is 0 Å². The highest BCUT2D eigenvalue weighted by molar-refractivity contribution is 6.53. The summed E-state index contributed by atoms with van der Waals surface area (Å²) in [6.07, 6.45) is 1.15. The summed E-state index contributed by atoms with van der Waals surface area (Å²) in [4.78, 5) is 0. The van der Waals surface area contributed by atoms with Gasteiger partial charge in [-0.25, -0.2) is 0 Å². The van der Waals surface area contributed by atoms with Crippen molar-refractivity contribution in [3.63, 3.8) is 0 Å². The van der Waals surface area contributed by atoms with Gasteiger partial charge in [0.05, 0.1) is 9.52 Å². The minimum atomic E-state index is 0.985. The van der Waals surface area contributed by atoms with Crippen LogP contribution in [-0.2, 0) is 6.42 Å². The molecular weight excluding hydrogens is 148 g/mol. The summed E-state index contributed by atoms with van der Waals surface area (Å²) in [6.45, 7) is 4.42. The summed E-state index contributed by atoms with van der Waals surface area (Å²) in [5.74, 6) is 0. The van der Waals surface area contributed by atoms with Gasteiger partial charge < -0.3 is 0 Å². The second kappa shape index (κ2) is 4.34. The zero-order valence-corrected chi connectivity index (χ0v) is 8.22. The summed E-state index contributed by atoms with van der Waals surface area (Å²) in [5.41, 5.74) is 1.44. The van der Waals surface area contributed by atoms with Crippen LogP contribution in [0.2, 0.25) is 6.04 Å². The van der Waals surface area contributed by atoms with E-state index in [2.05, 4.69) is 38.1 Å². The van der Waals surface area contributed by atoms with Crippen molar-refractivity contribution in [2.75, 3.05) is 0 Å². The van der Waals surface area contributed by atoms with Gasteiger partial charge in [-0.15, -0.1) is 0 Å². The molecule has 0 bridgehead atoms. The molecule has 0 saturated heterocycles. The van der Waals surface area contributed by atoms with Crippen LogP contribution in [0.5, 0.6) is 0 Å². The normalized spacial score (nSPS) is 10.0. The van der Waals surface area contributed by atoms with E-state index in [1.165, 1.54) is 16.8 Å². The average Bonchev–Trinajstić information content (AvgIpc) is 2.07. The lowest BCUT2D eigenvalue weighted by atomic mass is 10.2. The third-order valence-corrected chi connectivity index (χ3v) is 2.84. The molecule has 0 amide bonds. The number of hydrogen-bond donors (Lipinski definition) is 0. The first-order valence-corrected chi connectivity index (χ1v) is 5.40. The molecule has 0 N–H and O–H groups in total. The van der Waals surface area contributed by atoms with E-state index in [0.717, 1.165) is 15.9 Å². The Labute approximate surface area is 71.5 Å². The molecule has 11 heavy (non-hydrogen) atoms. The Morgan fingerprint density at radius 3 is 2.18 bits per heavy atom. The number of rotatable bonds is 3. The maximum absolute atomic E-state index is 2.25. The zero-order valence-electron chi connectivity index (χ0n) is 7.22. The molecule has 0 aliphatic heterocycles. The fraction of sp³-hybridized carbons (Fsp3) is 0.400. The Kier molecular flexibility index (Phi) is 3.37. The summed E-state index contributed by atoms with van der Waals surface area (Å²) in [7, 11) is 0.985. The van der Waals surface area contributed by atoms with Gasteiger partial charge in [0.15, 0.2) is 0 Å². The van der Waals surface area contributed by atoms with Crippen LogP contribution in [0.15, 0.2) is 24.3 Å². The van der Waals surface area contributed by atoms with Gasteiger partial charge in [-0.1, -0.05) is 49.3 Å². The van der Waals surface area contributed by atoms with Gasteiger partial charge in [0, 0.05) is 0 Å². The first kappa shape index (κ1) is 8.53. The quantitative estimate of drug-likeness (QED) is 0.596. The smallest absolute Gasteiger partial charge is 0.0679 e. The highest BCUT2D eigenvalue weighted by Crippen LogP contribution is 1.96. The van der Waals surface area contributed by atoms with Crippen molar-refractivity contribution in [2.45, 2.75) is 26.3 Å². The molecule has 0 atom stereocenters. The molecule has 1 aromatic carbocycles. The first-order valence-electron chi connectivity index (χ1n) is 4.19. The average molecular weight is 162 g/mol. The molecule has 0 unspecified atom stereocenters. The number of aryl methyl sites for hydroxylation is 1. The molecular formula is C10H14Si. The highest BCUT2D eigenvalue weighted by atomic mass is 28.2. The van der Waals surface area contributed by atoms with Crippen molar-refractivity contribution in [3.8, 4) is 0 Å². The SMILES string of the molecule is CC[Si]c1ccc(CC)cc1. The predicted molar refractivity (Wildman–Crippen MR) is 51.7 cm³/mol. The lowest BCUT2D eigenvalue weighted by molar-refractivity contribution is 1.14. The fourth-order valence-electron chi connectivity index (χ4n) is 1.06. The summed E-state index contributed by atoms with van der Waals surface area (Å²) in [5, 5.41) is 1.49. The Balaban J connectivity index is 2.66. The molecule has 2 radical (unpaired) electrons. The third-order valence-electron chi connectivity index (χ3n) is 1.74. The zero-order chi connectivity index (χ0) is 8.10. The van der Waals surface area contributed by atoms with Gasteiger partial charge in [-0.2, -0.15) is 0 Å². The lowest BCUT2D eigenvalue weighted by Crippen LogP contribution is -2.11. The molecule has 0 saturated carbocycles. The molecule has 58 valence electrons. The van der Waals surface area contributed by atoms with Crippen molar-refractivity contribution < 1.29 is 0 Å². The van der Waals surface area contributed by atoms with E-state index in [9.17, 15) is 0 Å². The number of hydrogen-bond acceptors (Lipinski definition) is 0. The maximum Gasteiger partial charge on any atom is 0.0805 e. The van der Waals surface area contributed by atoms with Gasteiger partial charge in [-0.05, 0) is 12.0 Å². The van der Waals surface area contributed by atoms with E-state index in [4.69, 9.17) is 0 Å². The second-order valence-corrected chi connectivity index (χ2v) is 4.22. The van der Waals surface area contributed by atoms with Gasteiger partial charge in [0.2, 0.25) is 0 Å². The Morgan fingerprint density at radius 2 is 1.73 bits per heavy atom. The maximum atomic E-state index is 2.25. The van der Waals surface area contributed by atoms with E-state index in [-0.39, 0.29) is 0 Å². The van der Waals surface area contributed by atoms with Crippen LogP contribution < -0.4 is 5.19 Å². The van der Waals surface area contributed by atoms with Crippen LogP contribution >= 0.6 is 0 Å². The largest absolute Gasteiger partial charge is 0.0805 e. The number of benzene rings is 1. The highest BCUT2D eigenvalue weighted by Gasteiger charge is 1.91. The molecule has 0 fully saturated rings. The van der Waals surface area contributed by atoms with E-state index in [1.807, 2.05) is 0 Å². The molecule has 1 rings (SSSR count). The van der Waals surface area contributed by atoms with Crippen LogP contribution in [-0.4, -0.2) is 9.52 Å². The molecule has 0 nitrogen and oxygen atoms in total. The summed E-state index contributed by atoms with van der Waals surface area (Å²) < 4.78 is 0. The standard InChI is InChI=1S/C10H14Si/c1-3-9-5-7-10(8-6-9)11-4-2/h5-8H,3-4H2,1-2H3. The van der Waals surface area contributed by atoms with Crippen molar-refractivity contribution >= 4 is 14.7 Å².